The Bertz CT molecular complexity index is 572. The molecule has 1 N–H and O–H groups in total. The van der Waals surface area contributed by atoms with Crippen molar-refractivity contribution < 1.29 is 19.6 Å². The summed E-state index contributed by atoms with van der Waals surface area (Å²) in [5.74, 6) is -0.378. The second-order valence-corrected chi connectivity index (χ2v) is 7.58. The topological polar surface area (TPSA) is 77.0 Å². The van der Waals surface area contributed by atoms with Crippen LogP contribution in [0.4, 0.5) is 0 Å². The predicted octanol–water partition coefficient (Wildman–Crippen LogP) is 3.34. The number of nitrogens with zero attached hydrogens (tertiary/aromatic N) is 2. The molecule has 0 saturated carbocycles. The summed E-state index contributed by atoms with van der Waals surface area (Å²) in [6, 6.07) is -1.15. The van der Waals surface area contributed by atoms with E-state index in [9.17, 15) is 15.2 Å². The molecular weight excluding hydrogens is 296 g/mol. The van der Waals surface area contributed by atoms with E-state index in [4.69, 9.17) is 11.3 Å². The summed E-state index contributed by atoms with van der Waals surface area (Å²) in [6.45, 7) is 18.4. The van der Waals surface area contributed by atoms with Gasteiger partial charge in [-0.15, -0.1) is 0 Å². The van der Waals surface area contributed by atoms with Crippen LogP contribution in [0, 0.1) is 23.1 Å². The van der Waals surface area contributed by atoms with E-state index < -0.39 is 17.6 Å². The molecule has 0 amide bonds. The Hall–Kier alpha value is -2.03. The van der Waals surface area contributed by atoms with Gasteiger partial charge in [0.25, 0.3) is 5.71 Å². The van der Waals surface area contributed by atoms with Crippen molar-refractivity contribution in [3.63, 3.8) is 0 Å². The van der Waals surface area contributed by atoms with Crippen LogP contribution < -0.4 is 0 Å². The van der Waals surface area contributed by atoms with Crippen molar-refractivity contribution in [2.45, 2.75) is 66.0 Å². The molecule has 23 heavy (non-hydrogen) atoms. The Kier molecular flexibility index (Phi) is 5.47. The number of carbonyl (C=O) groups is 1. The highest BCUT2D eigenvalue weighted by Gasteiger charge is 2.44. The lowest BCUT2D eigenvalue weighted by Crippen LogP contribution is -2.35. The first-order valence-electron chi connectivity index (χ1n) is 7.72. The second kappa shape index (κ2) is 6.61. The molecule has 1 aliphatic carbocycles. The summed E-state index contributed by atoms with van der Waals surface area (Å²) < 4.78 is 5.22. The molecule has 1 rings (SSSR count). The fourth-order valence-corrected chi connectivity index (χ4v) is 2.63. The van der Waals surface area contributed by atoms with E-state index in [0.29, 0.717) is 11.5 Å². The van der Waals surface area contributed by atoms with Crippen LogP contribution in [0.25, 0.3) is 4.85 Å². The van der Waals surface area contributed by atoms with E-state index in [1.54, 1.807) is 20.8 Å². The first kappa shape index (κ1) is 19.0. The number of ether oxygens (including phenoxy) is 1. The average Bonchev–Trinajstić information content (AvgIpc) is 2.63. The summed E-state index contributed by atoms with van der Waals surface area (Å²) >= 11 is 0. The van der Waals surface area contributed by atoms with Gasteiger partial charge in [0.2, 0.25) is 0 Å². The molecule has 0 aliphatic heterocycles. The zero-order valence-corrected chi connectivity index (χ0v) is 14.7. The van der Waals surface area contributed by atoms with E-state index >= 15 is 0 Å². The van der Waals surface area contributed by atoms with E-state index in [1.807, 2.05) is 19.9 Å². The molecule has 0 heterocycles. The van der Waals surface area contributed by atoms with Gasteiger partial charge < -0.3 is 14.8 Å². The Balaban J connectivity index is 3.04. The fourth-order valence-electron chi connectivity index (χ4n) is 2.63. The van der Waals surface area contributed by atoms with Crippen LogP contribution in [0.1, 0.15) is 54.4 Å². The minimum Gasteiger partial charge on any atom is -0.454 e. The van der Waals surface area contributed by atoms with Crippen molar-refractivity contribution in [3.05, 3.63) is 28.3 Å². The number of esters is 1. The molecule has 0 bridgehead atoms. The van der Waals surface area contributed by atoms with Crippen molar-refractivity contribution in [1.82, 2.24) is 0 Å². The van der Waals surface area contributed by atoms with E-state index in [2.05, 4.69) is 11.8 Å². The van der Waals surface area contributed by atoms with E-state index in [-0.39, 0.29) is 22.4 Å². The summed E-state index contributed by atoms with van der Waals surface area (Å²) in [5, 5.41) is 21.1. The van der Waals surface area contributed by atoms with E-state index in [1.165, 1.54) is 0 Å². The predicted molar refractivity (Wildman–Crippen MR) is 86.9 cm³/mol. The molecule has 6 nitrogen and oxygen atoms in total. The van der Waals surface area contributed by atoms with Crippen LogP contribution in [-0.4, -0.2) is 33.4 Å². The smallest absolute Gasteiger partial charge is 0.391 e. The molecule has 2 atom stereocenters. The molecule has 0 aromatic carbocycles. The van der Waals surface area contributed by atoms with Crippen LogP contribution in [0.15, 0.2) is 11.6 Å². The van der Waals surface area contributed by atoms with Crippen molar-refractivity contribution in [2.24, 2.45) is 11.3 Å². The Morgan fingerprint density at radius 1 is 1.61 bits per heavy atom. The van der Waals surface area contributed by atoms with Gasteiger partial charge in [0, 0.05) is 10.5 Å². The van der Waals surface area contributed by atoms with Gasteiger partial charge in [0.05, 0.1) is 0 Å². The van der Waals surface area contributed by atoms with Crippen LogP contribution >= 0.6 is 0 Å². The SMILES string of the molecule is [C-]#[N+]C(C/C(C1=CC[C@@H](C)C1(C)C)=[N+](\[O-])O)C(=O)OC(C)(C)C. The van der Waals surface area contributed by atoms with Gasteiger partial charge in [-0.05, 0) is 38.5 Å². The van der Waals surface area contributed by atoms with Gasteiger partial charge in [-0.25, -0.2) is 11.4 Å². The number of allylic oxidation sites excluding steroid dienone is 2. The summed E-state index contributed by atoms with van der Waals surface area (Å²) in [7, 11) is 0. The molecule has 0 aromatic heterocycles. The highest BCUT2D eigenvalue weighted by molar-refractivity contribution is 6.01. The van der Waals surface area contributed by atoms with Gasteiger partial charge in [-0.1, -0.05) is 26.8 Å². The maximum atomic E-state index is 12.1. The highest BCUT2D eigenvalue weighted by atomic mass is 16.8. The maximum Gasteiger partial charge on any atom is 0.391 e. The largest absolute Gasteiger partial charge is 0.454 e. The van der Waals surface area contributed by atoms with Gasteiger partial charge in [0.15, 0.2) is 0 Å². The summed E-state index contributed by atoms with van der Waals surface area (Å²) in [4.78, 5) is 15.2. The van der Waals surface area contributed by atoms with Gasteiger partial charge in [0.1, 0.15) is 12.0 Å². The standard InChI is InChI=1S/C17H26N2O4/c1-11-8-9-12(17(11,5)6)14(19(21)22)10-13(18-7)15(20)23-16(2,3)4/h9,11,13H,8,10H2,1-6H3,(H,21,22)/t11-,13?/m1/s1. The Morgan fingerprint density at radius 2 is 2.17 bits per heavy atom. The maximum absolute atomic E-state index is 12.1. The third kappa shape index (κ3) is 4.47. The van der Waals surface area contributed by atoms with Crippen molar-refractivity contribution >= 4 is 11.7 Å². The second-order valence-electron chi connectivity index (χ2n) is 7.58. The Morgan fingerprint density at radius 3 is 2.52 bits per heavy atom. The Labute approximate surface area is 137 Å². The van der Waals surface area contributed by atoms with Gasteiger partial charge in [-0.2, -0.15) is 0 Å². The van der Waals surface area contributed by atoms with Gasteiger partial charge >= 0.3 is 12.0 Å². The monoisotopic (exact) mass is 322 g/mol. The lowest BCUT2D eigenvalue weighted by molar-refractivity contribution is -0.726. The normalized spacial score (nSPS) is 22.7. The third-order valence-corrected chi connectivity index (χ3v) is 4.36. The first-order valence-corrected chi connectivity index (χ1v) is 7.72. The number of hydrogen-bond acceptors (Lipinski definition) is 4. The molecule has 6 heteroatoms. The van der Waals surface area contributed by atoms with Crippen LogP contribution in [0.3, 0.4) is 0 Å². The quantitative estimate of drug-likeness (QED) is 0.215. The minimum absolute atomic E-state index is 0.0613. The highest BCUT2D eigenvalue weighted by Crippen LogP contribution is 2.44. The van der Waals surface area contributed by atoms with Crippen molar-refractivity contribution in [2.75, 3.05) is 0 Å². The fraction of sp³-hybridized carbons (Fsp3) is 0.706. The summed E-state index contributed by atoms with van der Waals surface area (Å²) in [5.41, 5.74) is -0.260. The number of carbonyl (C=O) groups excluding carboxylic acids is 1. The number of rotatable bonds is 4. The zero-order chi connectivity index (χ0) is 18.0. The molecule has 0 radical (unpaired) electrons. The molecule has 0 fully saturated rings. The zero-order valence-electron chi connectivity index (χ0n) is 14.7. The molecule has 1 unspecified atom stereocenters. The van der Waals surface area contributed by atoms with Crippen LogP contribution in [-0.2, 0) is 9.53 Å². The van der Waals surface area contributed by atoms with E-state index in [0.717, 1.165) is 6.42 Å². The van der Waals surface area contributed by atoms with Crippen molar-refractivity contribution in [1.29, 1.82) is 0 Å². The average molecular weight is 322 g/mol. The first-order chi connectivity index (χ1) is 10.4. The number of hydrogen-bond donors (Lipinski definition) is 1. The lowest BCUT2D eigenvalue weighted by atomic mass is 9.76. The molecule has 1 aliphatic rings. The molecule has 0 aromatic rings. The molecule has 128 valence electrons. The van der Waals surface area contributed by atoms with Crippen molar-refractivity contribution in [3.8, 4) is 0 Å². The van der Waals surface area contributed by atoms with Crippen LogP contribution in [0.2, 0.25) is 0 Å². The minimum atomic E-state index is -1.15. The lowest BCUT2D eigenvalue weighted by Gasteiger charge is -2.27. The molecular formula is C17H26N2O4. The third-order valence-electron chi connectivity index (χ3n) is 4.36. The summed E-state index contributed by atoms with van der Waals surface area (Å²) in [6.07, 6.45) is 2.52. The molecule has 0 spiro atoms. The molecule has 0 saturated heterocycles. The van der Waals surface area contributed by atoms with Crippen LogP contribution in [0.5, 0.6) is 0 Å². The van der Waals surface area contributed by atoms with Gasteiger partial charge in [-0.3, -0.25) is 5.21 Å².